The third-order valence-electron chi connectivity index (χ3n) is 5.29. The van der Waals surface area contributed by atoms with Crippen LogP contribution >= 0.6 is 27.7 Å². The lowest BCUT2D eigenvalue weighted by molar-refractivity contribution is 0.648. The standard InChI is InChI=1S/C20H21BrN4O2S/c1-24-17-15(19(26)25(2)20(24)27)18(23-16(22-17)13-5-3-4-6-13)28-11-12-7-9-14(21)10-8-12/h7-10,13H,3-6,11H2,1-2H3. The molecule has 2 heterocycles. The Morgan fingerprint density at radius 2 is 1.75 bits per heavy atom. The van der Waals surface area contributed by atoms with E-state index in [0.29, 0.717) is 27.7 Å². The van der Waals surface area contributed by atoms with E-state index in [9.17, 15) is 9.59 Å². The molecule has 4 rings (SSSR count). The van der Waals surface area contributed by atoms with Crippen molar-refractivity contribution in [2.75, 3.05) is 0 Å². The van der Waals surface area contributed by atoms with Crippen LogP contribution in [0.4, 0.5) is 0 Å². The van der Waals surface area contributed by atoms with E-state index in [4.69, 9.17) is 4.98 Å². The smallest absolute Gasteiger partial charge is 0.280 e. The summed E-state index contributed by atoms with van der Waals surface area (Å²) < 4.78 is 3.62. The van der Waals surface area contributed by atoms with Gasteiger partial charge in [-0.1, -0.05) is 40.9 Å². The van der Waals surface area contributed by atoms with Crippen LogP contribution in [0.3, 0.4) is 0 Å². The van der Waals surface area contributed by atoms with Crippen LogP contribution in [0.15, 0.2) is 43.4 Å². The van der Waals surface area contributed by atoms with Gasteiger partial charge in [0, 0.05) is 30.2 Å². The minimum atomic E-state index is -0.363. The number of benzene rings is 1. The highest BCUT2D eigenvalue weighted by Gasteiger charge is 2.24. The molecule has 0 saturated heterocycles. The molecule has 0 radical (unpaired) electrons. The summed E-state index contributed by atoms with van der Waals surface area (Å²) in [5.74, 6) is 1.75. The molecular formula is C20H21BrN4O2S. The van der Waals surface area contributed by atoms with E-state index in [1.54, 1.807) is 7.05 Å². The Morgan fingerprint density at radius 3 is 2.43 bits per heavy atom. The number of rotatable bonds is 4. The first-order chi connectivity index (χ1) is 13.5. The van der Waals surface area contributed by atoms with Crippen LogP contribution in [0.5, 0.6) is 0 Å². The Balaban J connectivity index is 1.85. The quantitative estimate of drug-likeness (QED) is 0.438. The number of fused-ring (bicyclic) bond motifs is 1. The fourth-order valence-electron chi connectivity index (χ4n) is 3.65. The Morgan fingerprint density at radius 1 is 1.07 bits per heavy atom. The van der Waals surface area contributed by atoms with Crippen molar-refractivity contribution in [1.29, 1.82) is 0 Å². The van der Waals surface area contributed by atoms with Crippen molar-refractivity contribution in [3.8, 4) is 0 Å². The molecule has 0 unspecified atom stereocenters. The van der Waals surface area contributed by atoms with Gasteiger partial charge in [0.05, 0.1) is 0 Å². The van der Waals surface area contributed by atoms with E-state index in [0.717, 1.165) is 33.3 Å². The van der Waals surface area contributed by atoms with Gasteiger partial charge in [-0.15, -0.1) is 11.8 Å². The summed E-state index contributed by atoms with van der Waals surface area (Å²) in [5.41, 5.74) is 0.874. The summed E-state index contributed by atoms with van der Waals surface area (Å²) in [6, 6.07) is 8.10. The van der Waals surface area contributed by atoms with E-state index in [1.165, 1.54) is 36.2 Å². The first-order valence-electron chi connectivity index (χ1n) is 9.30. The summed E-state index contributed by atoms with van der Waals surface area (Å²) >= 11 is 4.97. The van der Waals surface area contributed by atoms with Crippen molar-refractivity contribution in [2.24, 2.45) is 14.1 Å². The third kappa shape index (κ3) is 3.55. The predicted molar refractivity (Wildman–Crippen MR) is 115 cm³/mol. The van der Waals surface area contributed by atoms with Gasteiger partial charge >= 0.3 is 5.69 Å². The van der Waals surface area contributed by atoms with Gasteiger partial charge in [0.25, 0.3) is 5.56 Å². The second-order valence-electron chi connectivity index (χ2n) is 7.19. The second kappa shape index (κ2) is 7.83. The zero-order chi connectivity index (χ0) is 19.8. The number of aryl methyl sites for hydroxylation is 1. The molecule has 1 aromatic carbocycles. The maximum atomic E-state index is 12.9. The van der Waals surface area contributed by atoms with E-state index in [1.807, 2.05) is 24.3 Å². The van der Waals surface area contributed by atoms with Crippen molar-refractivity contribution >= 4 is 38.7 Å². The Kier molecular flexibility index (Phi) is 5.42. The van der Waals surface area contributed by atoms with E-state index in [2.05, 4.69) is 20.9 Å². The fourth-order valence-corrected chi connectivity index (χ4v) is 4.89. The van der Waals surface area contributed by atoms with E-state index in [-0.39, 0.29) is 11.2 Å². The monoisotopic (exact) mass is 460 g/mol. The van der Waals surface area contributed by atoms with Crippen molar-refractivity contribution in [1.82, 2.24) is 19.1 Å². The summed E-state index contributed by atoms with van der Waals surface area (Å²) in [4.78, 5) is 34.7. The lowest BCUT2D eigenvalue weighted by Crippen LogP contribution is -2.38. The molecule has 28 heavy (non-hydrogen) atoms. The van der Waals surface area contributed by atoms with Gasteiger partial charge < -0.3 is 0 Å². The molecular weight excluding hydrogens is 440 g/mol. The van der Waals surface area contributed by atoms with Crippen molar-refractivity contribution in [2.45, 2.75) is 42.4 Å². The Labute approximate surface area is 175 Å². The average Bonchev–Trinajstić information content (AvgIpc) is 3.24. The summed E-state index contributed by atoms with van der Waals surface area (Å²) in [6.45, 7) is 0. The molecule has 1 fully saturated rings. The van der Waals surface area contributed by atoms with Crippen molar-refractivity contribution in [3.63, 3.8) is 0 Å². The van der Waals surface area contributed by atoms with Gasteiger partial charge in [-0.3, -0.25) is 13.9 Å². The lowest BCUT2D eigenvalue weighted by Gasteiger charge is -2.14. The van der Waals surface area contributed by atoms with Crippen LogP contribution in [0.25, 0.3) is 11.0 Å². The molecule has 1 aliphatic carbocycles. The molecule has 0 aliphatic heterocycles. The SMILES string of the molecule is Cn1c(=O)c2c(SCc3ccc(Br)cc3)nc(C3CCCC3)nc2n(C)c1=O. The van der Waals surface area contributed by atoms with Gasteiger partial charge in [0.15, 0.2) is 5.65 Å². The summed E-state index contributed by atoms with van der Waals surface area (Å²) in [6.07, 6.45) is 4.45. The van der Waals surface area contributed by atoms with Crippen LogP contribution in [-0.2, 0) is 19.8 Å². The number of thioether (sulfide) groups is 1. The maximum absolute atomic E-state index is 12.9. The zero-order valence-corrected chi connectivity index (χ0v) is 18.2. The van der Waals surface area contributed by atoms with Crippen LogP contribution < -0.4 is 11.2 Å². The minimum absolute atomic E-state index is 0.301. The molecule has 3 aromatic rings. The highest BCUT2D eigenvalue weighted by atomic mass is 79.9. The number of hydrogen-bond acceptors (Lipinski definition) is 5. The molecule has 146 valence electrons. The van der Waals surface area contributed by atoms with Crippen LogP contribution in [0.2, 0.25) is 0 Å². The van der Waals surface area contributed by atoms with Crippen molar-refractivity contribution < 1.29 is 0 Å². The lowest BCUT2D eigenvalue weighted by atomic mass is 10.1. The summed E-state index contributed by atoms with van der Waals surface area (Å²) in [5, 5.41) is 1.08. The normalized spacial score (nSPS) is 14.8. The Hall–Kier alpha value is -1.93. The molecule has 0 spiro atoms. The second-order valence-corrected chi connectivity index (χ2v) is 9.07. The van der Waals surface area contributed by atoms with E-state index < -0.39 is 0 Å². The molecule has 2 aromatic heterocycles. The van der Waals surface area contributed by atoms with Crippen LogP contribution in [0, 0.1) is 0 Å². The van der Waals surface area contributed by atoms with Crippen LogP contribution in [0.1, 0.15) is 43.0 Å². The number of aromatic nitrogens is 4. The highest BCUT2D eigenvalue weighted by molar-refractivity contribution is 9.10. The molecule has 8 heteroatoms. The number of hydrogen-bond donors (Lipinski definition) is 0. The molecule has 1 aliphatic rings. The molecule has 0 N–H and O–H groups in total. The van der Waals surface area contributed by atoms with Gasteiger partial charge in [-0.2, -0.15) is 0 Å². The largest absolute Gasteiger partial charge is 0.332 e. The van der Waals surface area contributed by atoms with Gasteiger partial charge in [-0.05, 0) is 30.5 Å². The minimum Gasteiger partial charge on any atom is -0.280 e. The maximum Gasteiger partial charge on any atom is 0.332 e. The van der Waals surface area contributed by atoms with Crippen LogP contribution in [-0.4, -0.2) is 19.1 Å². The first-order valence-corrected chi connectivity index (χ1v) is 11.1. The number of halogens is 1. The van der Waals surface area contributed by atoms with Gasteiger partial charge in [0.2, 0.25) is 0 Å². The molecule has 1 saturated carbocycles. The molecule has 6 nitrogen and oxygen atoms in total. The number of nitrogens with zero attached hydrogens (tertiary/aromatic N) is 4. The first kappa shape index (κ1) is 19.4. The van der Waals surface area contributed by atoms with Crippen molar-refractivity contribution in [3.05, 3.63) is 61.0 Å². The zero-order valence-electron chi connectivity index (χ0n) is 15.8. The predicted octanol–water partition coefficient (Wildman–Crippen LogP) is 3.74. The highest BCUT2D eigenvalue weighted by Crippen LogP contribution is 2.34. The van der Waals surface area contributed by atoms with Gasteiger partial charge in [-0.25, -0.2) is 14.8 Å². The third-order valence-corrected chi connectivity index (χ3v) is 6.87. The fraction of sp³-hybridized carbons (Fsp3) is 0.400. The van der Waals surface area contributed by atoms with E-state index >= 15 is 0 Å². The van der Waals surface area contributed by atoms with Gasteiger partial charge in [0.1, 0.15) is 16.2 Å². The molecule has 0 amide bonds. The molecule has 0 atom stereocenters. The topological polar surface area (TPSA) is 69.8 Å². The average molecular weight is 461 g/mol. The Bertz CT molecular complexity index is 1150. The summed E-state index contributed by atoms with van der Waals surface area (Å²) in [7, 11) is 3.16. The molecule has 0 bridgehead atoms.